The first-order valence-electron chi connectivity index (χ1n) is 8.38. The Kier molecular flexibility index (Phi) is 15.1. The highest BCUT2D eigenvalue weighted by atomic mass is 32.1. The standard InChI is InChI=1S/C16H26O9S3/c17-7-15(21)25-11-16(8-22-12(18)1-4-26,9-23-13(19)2-5-27)10-24-14(20)3-6-28/h17,26-28H,1-11H2. The van der Waals surface area contributed by atoms with Crippen LogP contribution in [0.4, 0.5) is 0 Å². The average molecular weight is 459 g/mol. The van der Waals surface area contributed by atoms with Gasteiger partial charge in [-0.15, -0.1) is 0 Å². The van der Waals surface area contributed by atoms with Gasteiger partial charge in [-0.2, -0.15) is 37.9 Å². The van der Waals surface area contributed by atoms with E-state index in [9.17, 15) is 19.2 Å². The second-order valence-electron chi connectivity index (χ2n) is 5.72. The number of thiol groups is 3. The molecular formula is C16H26O9S3. The second-order valence-corrected chi connectivity index (χ2v) is 7.06. The maximum absolute atomic E-state index is 11.7. The highest BCUT2D eigenvalue weighted by Gasteiger charge is 2.37. The summed E-state index contributed by atoms with van der Waals surface area (Å²) < 4.78 is 20.4. The van der Waals surface area contributed by atoms with Crippen LogP contribution in [0.1, 0.15) is 19.3 Å². The third kappa shape index (κ3) is 12.4. The van der Waals surface area contributed by atoms with Crippen LogP contribution in [0.15, 0.2) is 0 Å². The van der Waals surface area contributed by atoms with E-state index in [1.165, 1.54) is 0 Å². The fraction of sp³-hybridized carbons (Fsp3) is 0.750. The van der Waals surface area contributed by atoms with Crippen molar-refractivity contribution in [3.63, 3.8) is 0 Å². The van der Waals surface area contributed by atoms with E-state index in [2.05, 4.69) is 37.9 Å². The molecule has 0 heterocycles. The zero-order valence-electron chi connectivity index (χ0n) is 15.3. The van der Waals surface area contributed by atoms with Crippen molar-refractivity contribution in [1.29, 1.82) is 0 Å². The first-order valence-corrected chi connectivity index (χ1v) is 10.3. The number of carbonyl (C=O) groups is 4. The summed E-state index contributed by atoms with van der Waals surface area (Å²) in [5.41, 5.74) is -1.34. The zero-order valence-corrected chi connectivity index (χ0v) is 18.0. The highest BCUT2D eigenvalue weighted by molar-refractivity contribution is 7.80. The Hall–Kier alpha value is -1.11. The third-order valence-corrected chi connectivity index (χ3v) is 3.91. The molecule has 0 unspecified atom stereocenters. The molecule has 0 rings (SSSR count). The lowest BCUT2D eigenvalue weighted by atomic mass is 9.92. The summed E-state index contributed by atoms with van der Waals surface area (Å²) >= 11 is 11.8. The summed E-state index contributed by atoms with van der Waals surface area (Å²) in [6.07, 6.45) is 0.109. The molecule has 0 spiro atoms. The molecule has 162 valence electrons. The molecule has 12 heteroatoms. The van der Waals surface area contributed by atoms with Crippen LogP contribution < -0.4 is 0 Å². The first kappa shape index (κ1) is 26.9. The van der Waals surface area contributed by atoms with Gasteiger partial charge in [-0.1, -0.05) is 0 Å². The molecule has 1 N–H and O–H groups in total. The van der Waals surface area contributed by atoms with Crippen LogP contribution in [-0.2, 0) is 38.1 Å². The van der Waals surface area contributed by atoms with Crippen molar-refractivity contribution >= 4 is 61.8 Å². The van der Waals surface area contributed by atoms with Crippen LogP contribution in [0, 0.1) is 5.41 Å². The molecule has 0 aromatic rings. The third-order valence-electron chi connectivity index (χ3n) is 3.23. The Balaban J connectivity index is 5.32. The fourth-order valence-electron chi connectivity index (χ4n) is 1.72. The van der Waals surface area contributed by atoms with Crippen molar-refractivity contribution in [2.75, 3.05) is 50.3 Å². The summed E-state index contributed by atoms with van der Waals surface area (Å²) in [6.45, 7) is -2.32. The molecule has 0 fully saturated rings. The van der Waals surface area contributed by atoms with Gasteiger partial charge in [0.05, 0.1) is 19.3 Å². The van der Waals surface area contributed by atoms with E-state index in [1.807, 2.05) is 0 Å². The van der Waals surface area contributed by atoms with Crippen molar-refractivity contribution < 1.29 is 43.2 Å². The molecule has 9 nitrogen and oxygen atoms in total. The SMILES string of the molecule is O=C(CO)OCC(COC(=O)CCS)(COC(=O)CCS)COC(=O)CCS. The summed E-state index contributed by atoms with van der Waals surface area (Å²) in [6, 6.07) is 0. The molecule has 0 atom stereocenters. The number of rotatable bonds is 15. The number of carbonyl (C=O) groups excluding carboxylic acids is 4. The minimum atomic E-state index is -1.34. The average Bonchev–Trinajstić information content (AvgIpc) is 2.67. The molecule has 0 aliphatic rings. The largest absolute Gasteiger partial charge is 0.465 e. The molecule has 28 heavy (non-hydrogen) atoms. The number of aliphatic hydroxyl groups excluding tert-OH is 1. The molecule has 0 bridgehead atoms. The molecule has 0 saturated carbocycles. The van der Waals surface area contributed by atoms with Crippen LogP contribution >= 0.6 is 37.9 Å². The Bertz CT molecular complexity index is 459. The van der Waals surface area contributed by atoms with Crippen molar-refractivity contribution in [3.8, 4) is 0 Å². The smallest absolute Gasteiger partial charge is 0.331 e. The monoisotopic (exact) mass is 458 g/mol. The summed E-state index contributed by atoms with van der Waals surface area (Å²) in [5.74, 6) is -1.87. The van der Waals surface area contributed by atoms with E-state index in [0.29, 0.717) is 0 Å². The van der Waals surface area contributed by atoms with Gasteiger partial charge < -0.3 is 24.1 Å². The van der Waals surface area contributed by atoms with Crippen LogP contribution in [0.5, 0.6) is 0 Å². The van der Waals surface area contributed by atoms with Gasteiger partial charge in [0.1, 0.15) is 38.4 Å². The summed E-state index contributed by atoms with van der Waals surface area (Å²) in [4.78, 5) is 46.5. The van der Waals surface area contributed by atoms with E-state index >= 15 is 0 Å². The van der Waals surface area contributed by atoms with E-state index < -0.39 is 42.5 Å². The highest BCUT2D eigenvalue weighted by Crippen LogP contribution is 2.22. The normalized spacial score (nSPS) is 10.9. The molecule has 0 radical (unpaired) electrons. The summed E-state index contributed by atoms with van der Waals surface area (Å²) in [5, 5.41) is 8.84. The zero-order chi connectivity index (χ0) is 21.4. The number of esters is 4. The van der Waals surface area contributed by atoms with Crippen molar-refractivity contribution in [1.82, 2.24) is 0 Å². The molecule has 0 aliphatic heterocycles. The van der Waals surface area contributed by atoms with E-state index in [4.69, 9.17) is 24.1 Å². The van der Waals surface area contributed by atoms with E-state index in [-0.39, 0.29) is 56.3 Å². The Morgan fingerprint density at radius 3 is 1.14 bits per heavy atom. The van der Waals surface area contributed by atoms with Gasteiger partial charge in [-0.3, -0.25) is 14.4 Å². The fourth-order valence-corrected chi connectivity index (χ4v) is 2.27. The Morgan fingerprint density at radius 2 is 0.893 bits per heavy atom. The molecule has 0 amide bonds. The lowest BCUT2D eigenvalue weighted by Crippen LogP contribution is -2.44. The van der Waals surface area contributed by atoms with E-state index in [0.717, 1.165) is 0 Å². The lowest BCUT2D eigenvalue weighted by Gasteiger charge is -2.31. The molecular weight excluding hydrogens is 432 g/mol. The molecule has 0 saturated heterocycles. The number of ether oxygens (including phenoxy) is 4. The number of hydrogen-bond donors (Lipinski definition) is 4. The molecule has 0 aliphatic carbocycles. The maximum Gasteiger partial charge on any atom is 0.331 e. The quantitative estimate of drug-likeness (QED) is 0.154. The lowest BCUT2D eigenvalue weighted by molar-refractivity contribution is -0.171. The minimum Gasteiger partial charge on any atom is -0.465 e. The van der Waals surface area contributed by atoms with Gasteiger partial charge in [-0.25, -0.2) is 4.79 Å². The van der Waals surface area contributed by atoms with Crippen LogP contribution in [0.2, 0.25) is 0 Å². The second kappa shape index (κ2) is 15.8. The van der Waals surface area contributed by atoms with Gasteiger partial charge >= 0.3 is 23.9 Å². The topological polar surface area (TPSA) is 125 Å². The Labute approximate surface area is 180 Å². The minimum absolute atomic E-state index is 0.0362. The predicted octanol–water partition coefficient (Wildman–Crippen LogP) is 0.0976. The summed E-state index contributed by atoms with van der Waals surface area (Å²) in [7, 11) is 0. The van der Waals surface area contributed by atoms with Gasteiger partial charge in [0.25, 0.3) is 0 Å². The molecule has 0 aromatic heterocycles. The van der Waals surface area contributed by atoms with Crippen molar-refractivity contribution in [2.45, 2.75) is 19.3 Å². The van der Waals surface area contributed by atoms with Crippen molar-refractivity contribution in [3.05, 3.63) is 0 Å². The maximum atomic E-state index is 11.7. The van der Waals surface area contributed by atoms with Crippen LogP contribution in [0.25, 0.3) is 0 Å². The van der Waals surface area contributed by atoms with Crippen LogP contribution in [-0.4, -0.2) is 79.3 Å². The van der Waals surface area contributed by atoms with Crippen LogP contribution in [0.3, 0.4) is 0 Å². The predicted molar refractivity (Wildman–Crippen MR) is 109 cm³/mol. The van der Waals surface area contributed by atoms with E-state index in [1.54, 1.807) is 0 Å². The van der Waals surface area contributed by atoms with Crippen molar-refractivity contribution in [2.24, 2.45) is 5.41 Å². The number of aliphatic hydroxyl groups is 1. The van der Waals surface area contributed by atoms with Gasteiger partial charge in [0, 0.05) is 17.3 Å². The van der Waals surface area contributed by atoms with Gasteiger partial charge in [-0.05, 0) is 0 Å². The first-order chi connectivity index (χ1) is 13.3. The Morgan fingerprint density at radius 1 is 0.607 bits per heavy atom. The molecule has 0 aromatic carbocycles. The van der Waals surface area contributed by atoms with Gasteiger partial charge in [0.2, 0.25) is 0 Å². The number of hydrogen-bond acceptors (Lipinski definition) is 12. The van der Waals surface area contributed by atoms with Gasteiger partial charge in [0.15, 0.2) is 0 Å².